The topological polar surface area (TPSA) is 70.8 Å². The maximum Gasteiger partial charge on any atom is 0.475 e. The molecule has 1 aromatic rings. The second-order valence-electron chi connectivity index (χ2n) is 9.39. The van der Waals surface area contributed by atoms with E-state index in [0.29, 0.717) is 6.42 Å². The summed E-state index contributed by atoms with van der Waals surface area (Å²) in [5.74, 6) is 0. The largest absolute Gasteiger partial charge is 0.475 e. The van der Waals surface area contributed by atoms with Crippen LogP contribution in [0.25, 0.3) is 0 Å². The molecule has 0 radical (unpaired) electrons. The fourth-order valence-corrected chi connectivity index (χ4v) is 5.08. The molecule has 0 bridgehead atoms. The molecule has 166 valence electrons. The molecule has 0 saturated carbocycles. The summed E-state index contributed by atoms with van der Waals surface area (Å²) in [5, 5.41) is 0. The Morgan fingerprint density at radius 3 is 2.03 bits per heavy atom. The van der Waals surface area contributed by atoms with Crippen LogP contribution in [0.5, 0.6) is 0 Å². The van der Waals surface area contributed by atoms with Crippen LogP contribution in [0.2, 0.25) is 0 Å². The molecule has 0 atom stereocenters. The zero-order chi connectivity index (χ0) is 21.4. The molecule has 29 heavy (non-hydrogen) atoms. The minimum absolute atomic E-state index is 0.177. The van der Waals surface area contributed by atoms with Crippen LogP contribution < -0.4 is 5.73 Å². The van der Waals surface area contributed by atoms with Gasteiger partial charge >= 0.3 is 7.82 Å². The molecule has 2 N–H and O–H groups in total. The van der Waals surface area contributed by atoms with Gasteiger partial charge in [0, 0.05) is 0 Å². The Morgan fingerprint density at radius 1 is 0.966 bits per heavy atom. The van der Waals surface area contributed by atoms with Gasteiger partial charge in [0.1, 0.15) is 0 Å². The highest BCUT2D eigenvalue weighted by atomic mass is 31.2. The number of unbranched alkanes of at least 4 members (excludes halogenated alkanes) is 5. The van der Waals surface area contributed by atoms with E-state index in [2.05, 4.69) is 31.2 Å². The molecule has 2 rings (SSSR count). The van der Waals surface area contributed by atoms with Gasteiger partial charge in [-0.15, -0.1) is 0 Å². The molecule has 1 aromatic carbocycles. The van der Waals surface area contributed by atoms with Crippen molar-refractivity contribution in [3.8, 4) is 0 Å². The quantitative estimate of drug-likeness (QED) is 0.338. The van der Waals surface area contributed by atoms with Crippen molar-refractivity contribution in [2.45, 2.75) is 96.6 Å². The van der Waals surface area contributed by atoms with Crippen LogP contribution in [0.1, 0.15) is 83.8 Å². The number of rotatable bonds is 11. The lowest BCUT2D eigenvalue weighted by Gasteiger charge is -2.37. The molecule has 0 spiro atoms. The van der Waals surface area contributed by atoms with Gasteiger partial charge in [0.2, 0.25) is 0 Å². The highest BCUT2D eigenvalue weighted by molar-refractivity contribution is 7.48. The first kappa shape index (κ1) is 24.6. The zero-order valence-electron chi connectivity index (χ0n) is 18.7. The van der Waals surface area contributed by atoms with E-state index in [-0.39, 0.29) is 13.2 Å². The van der Waals surface area contributed by atoms with Gasteiger partial charge in [-0.05, 0) is 57.6 Å². The van der Waals surface area contributed by atoms with E-state index in [1.54, 1.807) is 0 Å². The van der Waals surface area contributed by atoms with Crippen LogP contribution in [0, 0.1) is 0 Å². The Labute approximate surface area is 177 Å². The minimum Gasteiger partial charge on any atom is -0.321 e. The minimum atomic E-state index is -3.52. The number of hydrogen-bond acceptors (Lipinski definition) is 5. The molecule has 1 saturated heterocycles. The summed E-state index contributed by atoms with van der Waals surface area (Å²) in [6, 6.07) is 8.83. The van der Waals surface area contributed by atoms with Gasteiger partial charge in [-0.2, -0.15) is 0 Å². The van der Waals surface area contributed by atoms with Crippen LogP contribution in [0.3, 0.4) is 0 Å². The lowest BCUT2D eigenvalue weighted by atomic mass is 9.93. The summed E-state index contributed by atoms with van der Waals surface area (Å²) in [6.07, 6.45) is 10.6. The van der Waals surface area contributed by atoms with E-state index >= 15 is 0 Å². The first-order valence-corrected chi connectivity index (χ1v) is 12.6. The predicted molar refractivity (Wildman–Crippen MR) is 119 cm³/mol. The normalized spacial score (nSPS) is 25.3. The maximum absolute atomic E-state index is 12.5. The first-order valence-electron chi connectivity index (χ1n) is 11.1. The van der Waals surface area contributed by atoms with Crippen molar-refractivity contribution in [2.24, 2.45) is 5.73 Å². The highest BCUT2D eigenvalue weighted by Gasteiger charge is 2.43. The van der Waals surface area contributed by atoms with E-state index in [4.69, 9.17) is 19.3 Å². The zero-order valence-corrected chi connectivity index (χ0v) is 19.6. The third-order valence-corrected chi connectivity index (χ3v) is 6.82. The molecule has 0 aliphatic carbocycles. The third-order valence-electron chi connectivity index (χ3n) is 5.16. The van der Waals surface area contributed by atoms with Gasteiger partial charge in [0.05, 0.1) is 24.4 Å². The molecule has 1 heterocycles. The summed E-state index contributed by atoms with van der Waals surface area (Å²) in [5.41, 5.74) is 7.82. The number of phosphoric acid groups is 1. The number of benzene rings is 1. The fourth-order valence-electron chi connectivity index (χ4n) is 3.40. The molecular formula is C23H40NO4P. The van der Waals surface area contributed by atoms with E-state index in [0.717, 1.165) is 12.8 Å². The average molecular weight is 426 g/mol. The van der Waals surface area contributed by atoms with E-state index < -0.39 is 19.0 Å². The maximum atomic E-state index is 12.5. The highest BCUT2D eigenvalue weighted by Crippen LogP contribution is 2.55. The lowest BCUT2D eigenvalue weighted by molar-refractivity contribution is -0.0114. The Bertz CT molecular complexity index is 642. The molecule has 1 aliphatic rings. The summed E-state index contributed by atoms with van der Waals surface area (Å²) >= 11 is 0. The van der Waals surface area contributed by atoms with Crippen LogP contribution in [0.4, 0.5) is 0 Å². The molecule has 0 amide bonds. The van der Waals surface area contributed by atoms with Gasteiger partial charge < -0.3 is 5.73 Å². The molecule has 1 aliphatic heterocycles. The monoisotopic (exact) mass is 425 g/mol. The molecule has 1 fully saturated rings. The Balaban J connectivity index is 1.72. The van der Waals surface area contributed by atoms with Crippen LogP contribution in [-0.2, 0) is 31.0 Å². The van der Waals surface area contributed by atoms with Crippen molar-refractivity contribution < 1.29 is 18.1 Å². The van der Waals surface area contributed by atoms with E-state index in [1.165, 1.54) is 49.7 Å². The van der Waals surface area contributed by atoms with Crippen molar-refractivity contribution >= 4 is 7.82 Å². The van der Waals surface area contributed by atoms with E-state index in [1.807, 2.05) is 20.8 Å². The Kier molecular flexibility index (Phi) is 9.37. The van der Waals surface area contributed by atoms with Crippen molar-refractivity contribution in [2.75, 3.05) is 13.2 Å². The SMILES string of the molecule is CCCCCCCCc1ccc(CCC2(N)COP(=O)(OC(C)(C)C)OC2)cc1. The molecule has 0 unspecified atom stereocenters. The van der Waals surface area contributed by atoms with Crippen molar-refractivity contribution in [1.82, 2.24) is 0 Å². The standard InChI is InChI=1S/C23H40NO4P/c1-5-6-7-8-9-10-11-20-12-14-21(15-13-20)16-17-23(24)18-26-29(25,27-19-23)28-22(2,3)4/h12-15H,5-11,16-19,24H2,1-4H3. The number of nitrogens with two attached hydrogens (primary N) is 1. The molecule has 6 heteroatoms. The van der Waals surface area contributed by atoms with Crippen LogP contribution in [0.15, 0.2) is 24.3 Å². The number of hydrogen-bond donors (Lipinski definition) is 1. The molecular weight excluding hydrogens is 385 g/mol. The molecule has 0 aromatic heterocycles. The van der Waals surface area contributed by atoms with Gasteiger partial charge in [-0.25, -0.2) is 4.57 Å². The van der Waals surface area contributed by atoms with Crippen molar-refractivity contribution in [3.05, 3.63) is 35.4 Å². The summed E-state index contributed by atoms with van der Waals surface area (Å²) in [7, 11) is -3.52. The summed E-state index contributed by atoms with van der Waals surface area (Å²) in [6.45, 7) is 8.06. The summed E-state index contributed by atoms with van der Waals surface area (Å²) < 4.78 is 28.8. The predicted octanol–water partition coefficient (Wildman–Crippen LogP) is 6.19. The second-order valence-corrected chi connectivity index (χ2v) is 11.0. The fraction of sp³-hybridized carbons (Fsp3) is 0.739. The van der Waals surface area contributed by atoms with Crippen LogP contribution in [-0.4, -0.2) is 24.4 Å². The van der Waals surface area contributed by atoms with Crippen molar-refractivity contribution in [1.29, 1.82) is 0 Å². The van der Waals surface area contributed by atoms with E-state index in [9.17, 15) is 4.57 Å². The lowest BCUT2D eigenvalue weighted by Crippen LogP contribution is -2.51. The third kappa shape index (κ3) is 9.31. The van der Waals surface area contributed by atoms with Crippen molar-refractivity contribution in [3.63, 3.8) is 0 Å². The Hall–Kier alpha value is -0.710. The average Bonchev–Trinajstić information content (AvgIpc) is 2.65. The summed E-state index contributed by atoms with van der Waals surface area (Å²) in [4.78, 5) is 0. The second kappa shape index (κ2) is 11.1. The molecule has 5 nitrogen and oxygen atoms in total. The van der Waals surface area contributed by atoms with Gasteiger partial charge in [-0.3, -0.25) is 13.6 Å². The van der Waals surface area contributed by atoms with Crippen LogP contribution >= 0.6 is 7.82 Å². The first-order chi connectivity index (χ1) is 13.6. The Morgan fingerprint density at radius 2 is 1.48 bits per heavy atom. The van der Waals surface area contributed by atoms with Gasteiger partial charge in [0.25, 0.3) is 0 Å². The number of aryl methyl sites for hydroxylation is 2. The van der Waals surface area contributed by atoms with Gasteiger partial charge in [-0.1, -0.05) is 63.3 Å². The van der Waals surface area contributed by atoms with Gasteiger partial charge in [0.15, 0.2) is 0 Å². The number of phosphoric ester groups is 1. The smallest absolute Gasteiger partial charge is 0.321 e.